The van der Waals surface area contributed by atoms with Crippen molar-refractivity contribution in [3.63, 3.8) is 0 Å². The zero-order chi connectivity index (χ0) is 11.5. The standard InChI is InChI=1S/C14H22N2S/c1-3-12-11-16(9-6-14(12)15-7-1)8-5-13-4-2-10-17-13/h2,4,10,12,14-15H,1,3,5-9,11H2. The summed E-state index contributed by atoms with van der Waals surface area (Å²) < 4.78 is 0. The highest BCUT2D eigenvalue weighted by molar-refractivity contribution is 7.09. The van der Waals surface area contributed by atoms with Crippen LogP contribution >= 0.6 is 11.3 Å². The van der Waals surface area contributed by atoms with Gasteiger partial charge in [-0.25, -0.2) is 0 Å². The largest absolute Gasteiger partial charge is 0.314 e. The maximum atomic E-state index is 3.69. The molecule has 0 aromatic carbocycles. The van der Waals surface area contributed by atoms with Gasteiger partial charge in [-0.1, -0.05) is 6.07 Å². The number of likely N-dealkylation sites (tertiary alicyclic amines) is 1. The fourth-order valence-corrected chi connectivity index (χ4v) is 3.94. The van der Waals surface area contributed by atoms with Crippen LogP contribution < -0.4 is 5.32 Å². The SMILES string of the molecule is c1csc(CCN2CCC3NCCCC3C2)c1. The lowest BCUT2D eigenvalue weighted by Crippen LogP contribution is -2.52. The minimum Gasteiger partial charge on any atom is -0.314 e. The molecule has 3 heterocycles. The van der Waals surface area contributed by atoms with Gasteiger partial charge in [0.2, 0.25) is 0 Å². The molecule has 17 heavy (non-hydrogen) atoms. The fraction of sp³-hybridized carbons (Fsp3) is 0.714. The second-order valence-electron chi connectivity index (χ2n) is 5.38. The highest BCUT2D eigenvalue weighted by Gasteiger charge is 2.30. The maximum absolute atomic E-state index is 3.69. The minimum atomic E-state index is 0.821. The number of hydrogen-bond acceptors (Lipinski definition) is 3. The van der Waals surface area contributed by atoms with Gasteiger partial charge in [-0.05, 0) is 56.1 Å². The topological polar surface area (TPSA) is 15.3 Å². The second-order valence-corrected chi connectivity index (χ2v) is 6.41. The molecular weight excluding hydrogens is 228 g/mol. The van der Waals surface area contributed by atoms with Crippen LogP contribution in [0.3, 0.4) is 0 Å². The van der Waals surface area contributed by atoms with Gasteiger partial charge in [0.15, 0.2) is 0 Å². The molecule has 0 amide bonds. The summed E-state index contributed by atoms with van der Waals surface area (Å²) in [6.07, 6.45) is 5.41. The van der Waals surface area contributed by atoms with E-state index in [-0.39, 0.29) is 0 Å². The van der Waals surface area contributed by atoms with Crippen LogP contribution in [0.5, 0.6) is 0 Å². The van der Waals surface area contributed by atoms with Crippen molar-refractivity contribution in [2.45, 2.75) is 31.7 Å². The van der Waals surface area contributed by atoms with Crippen LogP contribution in [0.25, 0.3) is 0 Å². The Labute approximate surface area is 108 Å². The summed E-state index contributed by atoms with van der Waals surface area (Å²) in [7, 11) is 0. The molecule has 2 nitrogen and oxygen atoms in total. The molecule has 2 atom stereocenters. The minimum absolute atomic E-state index is 0.821. The van der Waals surface area contributed by atoms with Crippen LogP contribution in [0, 0.1) is 5.92 Å². The third kappa shape index (κ3) is 2.90. The van der Waals surface area contributed by atoms with E-state index in [1.165, 1.54) is 56.7 Å². The molecule has 0 aliphatic carbocycles. The highest BCUT2D eigenvalue weighted by Crippen LogP contribution is 2.25. The molecular formula is C14H22N2S. The van der Waals surface area contributed by atoms with Crippen molar-refractivity contribution >= 4 is 11.3 Å². The summed E-state index contributed by atoms with van der Waals surface area (Å²) >= 11 is 1.90. The van der Waals surface area contributed by atoms with Gasteiger partial charge in [0, 0.05) is 24.0 Å². The van der Waals surface area contributed by atoms with Crippen LogP contribution in [0.15, 0.2) is 17.5 Å². The van der Waals surface area contributed by atoms with Crippen LogP contribution in [0.4, 0.5) is 0 Å². The average Bonchev–Trinajstić information content (AvgIpc) is 2.89. The Balaban J connectivity index is 1.48. The molecule has 3 rings (SSSR count). The van der Waals surface area contributed by atoms with E-state index in [4.69, 9.17) is 0 Å². The number of hydrogen-bond donors (Lipinski definition) is 1. The summed E-state index contributed by atoms with van der Waals surface area (Å²) in [5.74, 6) is 0.917. The number of nitrogens with one attached hydrogen (secondary N) is 1. The number of fused-ring (bicyclic) bond motifs is 1. The quantitative estimate of drug-likeness (QED) is 0.886. The maximum Gasteiger partial charge on any atom is 0.0120 e. The Morgan fingerprint density at radius 2 is 2.41 bits per heavy atom. The van der Waals surface area contributed by atoms with E-state index in [0.29, 0.717) is 0 Å². The monoisotopic (exact) mass is 250 g/mol. The van der Waals surface area contributed by atoms with Crippen molar-refractivity contribution in [1.82, 2.24) is 10.2 Å². The van der Waals surface area contributed by atoms with Gasteiger partial charge < -0.3 is 10.2 Å². The Hall–Kier alpha value is -0.380. The molecule has 1 N–H and O–H groups in total. The third-order valence-electron chi connectivity index (χ3n) is 4.23. The van der Waals surface area contributed by atoms with E-state index in [2.05, 4.69) is 27.7 Å². The predicted molar refractivity (Wildman–Crippen MR) is 73.6 cm³/mol. The molecule has 2 aliphatic rings. The smallest absolute Gasteiger partial charge is 0.0120 e. The van der Waals surface area contributed by atoms with Crippen LogP contribution in [0.2, 0.25) is 0 Å². The number of nitrogens with zero attached hydrogens (tertiary/aromatic N) is 1. The van der Waals surface area contributed by atoms with E-state index in [9.17, 15) is 0 Å². The van der Waals surface area contributed by atoms with Gasteiger partial charge in [-0.3, -0.25) is 0 Å². The second kappa shape index (κ2) is 5.51. The molecule has 1 aromatic rings. The van der Waals surface area contributed by atoms with Crippen LogP contribution in [0.1, 0.15) is 24.1 Å². The van der Waals surface area contributed by atoms with E-state index < -0.39 is 0 Å². The Morgan fingerprint density at radius 3 is 3.29 bits per heavy atom. The van der Waals surface area contributed by atoms with E-state index in [1.807, 2.05) is 11.3 Å². The molecule has 0 bridgehead atoms. The summed E-state index contributed by atoms with van der Waals surface area (Å²) in [6.45, 7) is 5.11. The normalized spacial score (nSPS) is 30.1. The van der Waals surface area contributed by atoms with Crippen LogP contribution in [-0.4, -0.2) is 37.1 Å². The summed E-state index contributed by atoms with van der Waals surface area (Å²) in [5.41, 5.74) is 0. The average molecular weight is 250 g/mol. The molecule has 94 valence electrons. The number of piperidine rings is 2. The summed E-state index contributed by atoms with van der Waals surface area (Å²) in [6, 6.07) is 5.25. The zero-order valence-electron chi connectivity index (χ0n) is 10.4. The molecule has 1 aromatic heterocycles. The first-order valence-electron chi connectivity index (χ1n) is 6.90. The van der Waals surface area contributed by atoms with Crippen molar-refractivity contribution in [3.8, 4) is 0 Å². The van der Waals surface area contributed by atoms with E-state index in [0.717, 1.165) is 12.0 Å². The third-order valence-corrected chi connectivity index (χ3v) is 5.17. The van der Waals surface area contributed by atoms with Crippen LogP contribution in [-0.2, 0) is 6.42 Å². The lowest BCUT2D eigenvalue weighted by molar-refractivity contribution is 0.115. The number of thiophene rings is 1. The molecule has 2 saturated heterocycles. The van der Waals surface area contributed by atoms with Gasteiger partial charge in [0.25, 0.3) is 0 Å². The summed E-state index contributed by atoms with van der Waals surface area (Å²) in [4.78, 5) is 4.21. The van der Waals surface area contributed by atoms with Crippen molar-refractivity contribution < 1.29 is 0 Å². The first-order valence-corrected chi connectivity index (χ1v) is 7.78. The highest BCUT2D eigenvalue weighted by atomic mass is 32.1. The molecule has 0 radical (unpaired) electrons. The Kier molecular flexibility index (Phi) is 3.79. The molecule has 2 unspecified atom stereocenters. The summed E-state index contributed by atoms with van der Waals surface area (Å²) in [5, 5.41) is 5.87. The lowest BCUT2D eigenvalue weighted by Gasteiger charge is -2.41. The van der Waals surface area contributed by atoms with Crippen molar-refractivity contribution in [3.05, 3.63) is 22.4 Å². The van der Waals surface area contributed by atoms with Gasteiger partial charge in [0.05, 0.1) is 0 Å². The molecule has 0 spiro atoms. The molecule has 2 fully saturated rings. The van der Waals surface area contributed by atoms with E-state index in [1.54, 1.807) is 0 Å². The van der Waals surface area contributed by atoms with E-state index >= 15 is 0 Å². The lowest BCUT2D eigenvalue weighted by atomic mass is 9.85. The Morgan fingerprint density at radius 1 is 1.41 bits per heavy atom. The van der Waals surface area contributed by atoms with Gasteiger partial charge in [-0.2, -0.15) is 0 Å². The van der Waals surface area contributed by atoms with Gasteiger partial charge >= 0.3 is 0 Å². The predicted octanol–water partition coefficient (Wildman–Crippen LogP) is 2.36. The zero-order valence-corrected chi connectivity index (χ0v) is 11.2. The first-order chi connectivity index (χ1) is 8.42. The number of rotatable bonds is 3. The van der Waals surface area contributed by atoms with Crippen molar-refractivity contribution in [2.75, 3.05) is 26.2 Å². The Bertz CT molecular complexity index is 336. The van der Waals surface area contributed by atoms with Crippen molar-refractivity contribution in [1.29, 1.82) is 0 Å². The molecule has 3 heteroatoms. The molecule has 0 saturated carbocycles. The first kappa shape index (κ1) is 11.7. The fourth-order valence-electron chi connectivity index (χ4n) is 3.25. The van der Waals surface area contributed by atoms with Gasteiger partial charge in [-0.15, -0.1) is 11.3 Å². The van der Waals surface area contributed by atoms with Gasteiger partial charge in [0.1, 0.15) is 0 Å². The van der Waals surface area contributed by atoms with Crippen molar-refractivity contribution in [2.24, 2.45) is 5.92 Å². The molecule has 2 aliphatic heterocycles.